The number of methoxy groups -OCH3 is 1. The molecule has 0 saturated carbocycles. The van der Waals surface area contributed by atoms with Crippen molar-refractivity contribution in [2.45, 2.75) is 26.7 Å². The van der Waals surface area contributed by atoms with Crippen molar-refractivity contribution in [3.63, 3.8) is 0 Å². The topological polar surface area (TPSA) is 58.6 Å². The van der Waals surface area contributed by atoms with E-state index < -0.39 is 0 Å². The molecule has 7 heteroatoms. The summed E-state index contributed by atoms with van der Waals surface area (Å²) >= 11 is 0. The molecule has 1 saturated heterocycles. The molecule has 1 aromatic heterocycles. The number of aryl methyl sites for hydroxylation is 1. The number of benzene rings is 3. The van der Waals surface area contributed by atoms with Crippen molar-refractivity contribution in [2.75, 3.05) is 38.2 Å². The summed E-state index contributed by atoms with van der Waals surface area (Å²) in [5.74, 6) is 1.12. The van der Waals surface area contributed by atoms with Crippen LogP contribution in [0, 0.1) is 12.7 Å². The highest BCUT2D eigenvalue weighted by atomic mass is 19.1. The monoisotopic (exact) mass is 524 g/mol. The van der Waals surface area contributed by atoms with E-state index in [2.05, 4.69) is 43.5 Å². The summed E-state index contributed by atoms with van der Waals surface area (Å²) in [6.45, 7) is 12.3. The number of aromatic nitrogens is 2. The number of piperazine rings is 1. The first kappa shape index (κ1) is 26.4. The first-order valence-electron chi connectivity index (χ1n) is 13.2. The highest BCUT2D eigenvalue weighted by Gasteiger charge is 2.25. The number of ether oxygens (including phenoxy) is 1. The second-order valence-corrected chi connectivity index (χ2v) is 10.2. The fourth-order valence-electron chi connectivity index (χ4n) is 5.42. The van der Waals surface area contributed by atoms with Gasteiger partial charge in [-0.1, -0.05) is 50.8 Å². The van der Waals surface area contributed by atoms with Gasteiger partial charge in [-0.15, -0.1) is 10.2 Å². The van der Waals surface area contributed by atoms with Gasteiger partial charge in [-0.3, -0.25) is 4.79 Å². The van der Waals surface area contributed by atoms with Crippen LogP contribution in [0.5, 0.6) is 5.75 Å². The molecule has 6 nitrogen and oxygen atoms in total. The van der Waals surface area contributed by atoms with Crippen LogP contribution in [-0.2, 0) is 4.79 Å². The first-order chi connectivity index (χ1) is 18.8. The Kier molecular flexibility index (Phi) is 7.33. The van der Waals surface area contributed by atoms with Gasteiger partial charge in [0.1, 0.15) is 17.3 Å². The Morgan fingerprint density at radius 3 is 2.44 bits per heavy atom. The minimum atomic E-state index is -0.342. The molecule has 0 radical (unpaired) electrons. The Labute approximate surface area is 228 Å². The Morgan fingerprint density at radius 1 is 1.00 bits per heavy atom. The molecule has 0 atom stereocenters. The highest BCUT2D eigenvalue weighted by molar-refractivity contribution is 6.04. The Morgan fingerprint density at radius 2 is 1.74 bits per heavy atom. The van der Waals surface area contributed by atoms with Crippen molar-refractivity contribution >= 4 is 22.5 Å². The first-order valence-corrected chi connectivity index (χ1v) is 13.2. The number of rotatable bonds is 6. The number of anilines is 1. The lowest BCUT2D eigenvalue weighted by molar-refractivity contribution is -0.126. The summed E-state index contributed by atoms with van der Waals surface area (Å²) in [5.41, 5.74) is 5.02. The molecule has 1 fully saturated rings. The molecule has 2 heterocycles. The fraction of sp³-hybridized carbons (Fsp3) is 0.281. The molecule has 200 valence electrons. The third-order valence-electron chi connectivity index (χ3n) is 7.47. The Balaban J connectivity index is 1.73. The van der Waals surface area contributed by atoms with Gasteiger partial charge < -0.3 is 14.5 Å². The number of halogens is 1. The third kappa shape index (κ3) is 4.85. The lowest BCUT2D eigenvalue weighted by Crippen LogP contribution is -2.48. The molecule has 1 aliphatic heterocycles. The summed E-state index contributed by atoms with van der Waals surface area (Å²) in [4.78, 5) is 16.1. The van der Waals surface area contributed by atoms with Crippen LogP contribution in [0.15, 0.2) is 67.3 Å². The van der Waals surface area contributed by atoms with Crippen molar-refractivity contribution in [1.29, 1.82) is 0 Å². The van der Waals surface area contributed by atoms with E-state index in [1.807, 2.05) is 25.1 Å². The minimum absolute atomic E-state index is 0.0643. The van der Waals surface area contributed by atoms with E-state index in [1.165, 1.54) is 17.7 Å². The van der Waals surface area contributed by atoms with Gasteiger partial charge in [0.25, 0.3) is 0 Å². The van der Waals surface area contributed by atoms with E-state index in [9.17, 15) is 4.79 Å². The maximum atomic E-state index is 15.2. The van der Waals surface area contributed by atoms with E-state index in [0.717, 1.165) is 39.0 Å². The van der Waals surface area contributed by atoms with Crippen molar-refractivity contribution < 1.29 is 13.9 Å². The van der Waals surface area contributed by atoms with Crippen LogP contribution in [0.2, 0.25) is 0 Å². The maximum Gasteiger partial charge on any atom is 0.246 e. The summed E-state index contributed by atoms with van der Waals surface area (Å²) in [5, 5.41) is 11.4. The van der Waals surface area contributed by atoms with Crippen molar-refractivity contribution in [3.05, 3.63) is 84.2 Å². The zero-order valence-electron chi connectivity index (χ0n) is 22.9. The minimum Gasteiger partial charge on any atom is -0.496 e. The van der Waals surface area contributed by atoms with E-state index in [1.54, 1.807) is 24.1 Å². The molecular formula is C32H33FN4O2. The zero-order valence-corrected chi connectivity index (χ0v) is 22.9. The van der Waals surface area contributed by atoms with Gasteiger partial charge >= 0.3 is 0 Å². The average Bonchev–Trinajstić information content (AvgIpc) is 2.96. The van der Waals surface area contributed by atoms with Crippen LogP contribution in [0.3, 0.4) is 0 Å². The molecule has 3 aromatic carbocycles. The van der Waals surface area contributed by atoms with Crippen molar-refractivity contribution in [3.8, 4) is 28.1 Å². The summed E-state index contributed by atoms with van der Waals surface area (Å²) in [7, 11) is 1.55. The van der Waals surface area contributed by atoms with E-state index in [0.29, 0.717) is 37.5 Å². The van der Waals surface area contributed by atoms with Crippen molar-refractivity contribution in [1.82, 2.24) is 15.1 Å². The molecule has 0 bridgehead atoms. The van der Waals surface area contributed by atoms with Gasteiger partial charge in [-0.05, 0) is 59.9 Å². The second-order valence-electron chi connectivity index (χ2n) is 10.2. The van der Waals surface area contributed by atoms with Gasteiger partial charge in [-0.2, -0.15) is 0 Å². The van der Waals surface area contributed by atoms with Gasteiger partial charge in [0, 0.05) is 42.5 Å². The molecule has 0 N–H and O–H groups in total. The Hall–Kier alpha value is -4.26. The van der Waals surface area contributed by atoms with E-state index in [-0.39, 0.29) is 17.6 Å². The lowest BCUT2D eigenvalue weighted by Gasteiger charge is -2.35. The summed E-state index contributed by atoms with van der Waals surface area (Å²) in [6, 6.07) is 17.2. The predicted octanol–water partition coefficient (Wildman–Crippen LogP) is 6.38. The molecule has 1 aliphatic rings. The van der Waals surface area contributed by atoms with Crippen LogP contribution in [-0.4, -0.2) is 54.3 Å². The van der Waals surface area contributed by atoms with Gasteiger partial charge in [0.15, 0.2) is 5.82 Å². The van der Waals surface area contributed by atoms with Crippen LogP contribution >= 0.6 is 0 Å². The van der Waals surface area contributed by atoms with Gasteiger partial charge in [0.2, 0.25) is 5.91 Å². The molecule has 0 aliphatic carbocycles. The SMILES string of the molecule is C=CC(=O)N1CCN(c2nnc(-c3ccccc3C(C)C)c3cc(-c4c(F)cccc4OC)c(C)cc23)CC1. The highest BCUT2D eigenvalue weighted by Crippen LogP contribution is 2.41. The molecular weight excluding hydrogens is 491 g/mol. The van der Waals surface area contributed by atoms with E-state index in [4.69, 9.17) is 14.9 Å². The second kappa shape index (κ2) is 10.8. The maximum absolute atomic E-state index is 15.2. The number of nitrogens with zero attached hydrogens (tertiary/aromatic N) is 4. The number of carbonyl (C=O) groups is 1. The van der Waals surface area contributed by atoms with Crippen molar-refractivity contribution in [2.24, 2.45) is 0 Å². The third-order valence-corrected chi connectivity index (χ3v) is 7.47. The number of amides is 1. The zero-order chi connectivity index (χ0) is 27.7. The summed E-state index contributed by atoms with van der Waals surface area (Å²) in [6.07, 6.45) is 1.35. The standard InChI is InChI=1S/C32H33FN4O2/c1-6-29(38)36-14-16-37(17-15-36)32-26-18-21(4)24(30-27(33)12-9-13-28(30)39-5)19-25(26)31(34-35-32)23-11-8-7-10-22(23)20(2)3/h6-13,18-20H,1,14-17H2,2-5H3. The number of carbonyl (C=O) groups excluding carboxylic acids is 1. The number of hydrogen-bond acceptors (Lipinski definition) is 5. The number of fused-ring (bicyclic) bond motifs is 1. The number of hydrogen-bond donors (Lipinski definition) is 0. The summed E-state index contributed by atoms with van der Waals surface area (Å²) < 4.78 is 20.8. The molecule has 0 spiro atoms. The van der Waals surface area contributed by atoms with Gasteiger partial charge in [0.05, 0.1) is 12.7 Å². The Bertz CT molecular complexity index is 1560. The lowest BCUT2D eigenvalue weighted by atomic mass is 9.90. The smallest absolute Gasteiger partial charge is 0.246 e. The molecule has 0 unspecified atom stereocenters. The molecule has 1 amide bonds. The predicted molar refractivity (Wildman–Crippen MR) is 155 cm³/mol. The largest absolute Gasteiger partial charge is 0.496 e. The fourth-order valence-corrected chi connectivity index (χ4v) is 5.42. The average molecular weight is 525 g/mol. The molecule has 4 aromatic rings. The molecule has 39 heavy (non-hydrogen) atoms. The van der Waals surface area contributed by atoms with Gasteiger partial charge in [-0.25, -0.2) is 4.39 Å². The van der Waals surface area contributed by atoms with E-state index >= 15 is 4.39 Å². The van der Waals surface area contributed by atoms with Crippen LogP contribution < -0.4 is 9.64 Å². The normalized spacial score (nSPS) is 13.7. The molecule has 5 rings (SSSR count). The van der Waals surface area contributed by atoms with Crippen LogP contribution in [0.25, 0.3) is 33.2 Å². The van der Waals surface area contributed by atoms with Crippen LogP contribution in [0.1, 0.15) is 30.9 Å². The van der Waals surface area contributed by atoms with Crippen LogP contribution in [0.4, 0.5) is 10.2 Å². The quantitative estimate of drug-likeness (QED) is 0.274.